The summed E-state index contributed by atoms with van der Waals surface area (Å²) in [6.07, 6.45) is 0. The molecule has 14 heteroatoms. The highest BCUT2D eigenvalue weighted by Crippen LogP contribution is 1.62. The molecule has 0 aliphatic carbocycles. The smallest absolute Gasteiger partial charge is 0.291 e. The maximum Gasteiger partial charge on any atom is 0.291 e. The van der Waals surface area contributed by atoms with Gasteiger partial charge in [-0.1, -0.05) is 0 Å². The summed E-state index contributed by atoms with van der Waals surface area (Å²) in [4.78, 5) is 29.7. The van der Waals surface area contributed by atoms with Crippen LogP contribution in [-0.4, -0.2) is 44.0 Å². The number of hydrogen-bond donors (Lipinski definition) is 4. The molecule has 96 valence electrons. The quantitative estimate of drug-likeness (QED) is 0.195. The zero-order chi connectivity index (χ0) is 13.6. The van der Waals surface area contributed by atoms with Crippen LogP contribution in [0, 0.1) is 30.3 Å². The standard InChI is InChI=1S/C2H6N2O4.2HNO3/c5-4(6)3-1-2-8-7;2*2-1(3)4/h3,7H,1-2H2;2*(H,2,3,4). The summed E-state index contributed by atoms with van der Waals surface area (Å²) in [6.45, 7) is -0.0789. The molecular formula is C2H8N4O10. The Balaban J connectivity index is -0.000000179. The van der Waals surface area contributed by atoms with E-state index in [1.165, 1.54) is 0 Å². The minimum absolute atomic E-state index is 0.00347. The van der Waals surface area contributed by atoms with E-state index in [-0.39, 0.29) is 13.2 Å². The predicted molar refractivity (Wildman–Crippen MR) is 41.1 cm³/mol. The monoisotopic (exact) mass is 248 g/mol. The second kappa shape index (κ2) is 15.0. The van der Waals surface area contributed by atoms with Crippen molar-refractivity contribution in [3.8, 4) is 0 Å². The number of rotatable bonds is 4. The molecule has 14 nitrogen and oxygen atoms in total. The maximum atomic E-state index is 9.43. The second-order valence-corrected chi connectivity index (χ2v) is 1.47. The van der Waals surface area contributed by atoms with E-state index in [4.69, 9.17) is 35.9 Å². The summed E-state index contributed by atoms with van der Waals surface area (Å²) in [7, 11) is 0. The van der Waals surface area contributed by atoms with Crippen LogP contribution in [-0.2, 0) is 4.89 Å². The summed E-state index contributed by atoms with van der Waals surface area (Å²) in [5.41, 5.74) is 1.78. The Labute approximate surface area is 85.9 Å². The zero-order valence-corrected chi connectivity index (χ0v) is 7.46. The predicted octanol–water partition coefficient (Wildman–Crippen LogP) is -1.44. The maximum absolute atomic E-state index is 9.43. The molecule has 0 aromatic rings. The Morgan fingerprint density at radius 3 is 1.56 bits per heavy atom. The molecular weight excluding hydrogens is 240 g/mol. The van der Waals surface area contributed by atoms with Crippen molar-refractivity contribution in [3.05, 3.63) is 30.3 Å². The SMILES string of the molecule is O=[N+]([O-])NCCOO.O=[N+]([O-])O.O=[N+]([O-])O. The van der Waals surface area contributed by atoms with Crippen molar-refractivity contribution in [1.82, 2.24) is 5.43 Å². The van der Waals surface area contributed by atoms with Crippen molar-refractivity contribution >= 4 is 0 Å². The van der Waals surface area contributed by atoms with Gasteiger partial charge in [-0.25, -0.2) is 15.0 Å². The molecule has 0 saturated heterocycles. The van der Waals surface area contributed by atoms with Crippen LogP contribution in [0.3, 0.4) is 0 Å². The van der Waals surface area contributed by atoms with Crippen LogP contribution in [0.1, 0.15) is 0 Å². The van der Waals surface area contributed by atoms with E-state index in [2.05, 4.69) is 4.89 Å². The molecule has 0 amide bonds. The van der Waals surface area contributed by atoms with E-state index in [1.807, 2.05) is 0 Å². The first kappa shape index (κ1) is 19.1. The third kappa shape index (κ3) is 201. The molecule has 0 unspecified atom stereocenters. The normalized spacial score (nSPS) is 7.31. The van der Waals surface area contributed by atoms with Crippen molar-refractivity contribution < 1.29 is 35.8 Å². The zero-order valence-electron chi connectivity index (χ0n) is 7.46. The molecule has 0 spiro atoms. The van der Waals surface area contributed by atoms with Crippen LogP contribution in [0.5, 0.6) is 0 Å². The lowest BCUT2D eigenvalue weighted by atomic mass is 10.7. The fraction of sp³-hybridized carbons (Fsp3) is 1.00. The highest BCUT2D eigenvalue weighted by molar-refractivity contribution is 4.25. The first-order valence-corrected chi connectivity index (χ1v) is 3.04. The van der Waals surface area contributed by atoms with Crippen LogP contribution in [0.15, 0.2) is 0 Å². The van der Waals surface area contributed by atoms with Gasteiger partial charge < -0.3 is 10.4 Å². The van der Waals surface area contributed by atoms with Gasteiger partial charge in [0.25, 0.3) is 10.2 Å². The lowest BCUT2D eigenvalue weighted by Gasteiger charge is -1.91. The Morgan fingerprint density at radius 2 is 1.38 bits per heavy atom. The summed E-state index contributed by atoms with van der Waals surface area (Å²) in [6, 6.07) is 0. The average Bonchev–Trinajstić information content (AvgIpc) is 2.01. The lowest BCUT2D eigenvalue weighted by molar-refractivity contribution is -0.742. The average molecular weight is 248 g/mol. The number of hydrogen-bond acceptors (Lipinski definition) is 8. The highest BCUT2D eigenvalue weighted by Gasteiger charge is 1.90. The molecule has 0 aliphatic heterocycles. The van der Waals surface area contributed by atoms with Crippen molar-refractivity contribution in [2.45, 2.75) is 0 Å². The van der Waals surface area contributed by atoms with Crippen LogP contribution < -0.4 is 5.43 Å². The first-order valence-electron chi connectivity index (χ1n) is 3.04. The molecule has 0 rings (SSSR count). The molecule has 0 atom stereocenters. The third-order valence-corrected chi connectivity index (χ3v) is 0.434. The van der Waals surface area contributed by atoms with Crippen LogP contribution in [0.2, 0.25) is 0 Å². The number of nitrogens with one attached hydrogen (secondary N) is 1. The van der Waals surface area contributed by atoms with Crippen LogP contribution in [0.4, 0.5) is 0 Å². The lowest BCUT2D eigenvalue weighted by Crippen LogP contribution is -2.25. The van der Waals surface area contributed by atoms with Gasteiger partial charge in [0.05, 0.1) is 0 Å². The second-order valence-electron chi connectivity index (χ2n) is 1.47. The first-order chi connectivity index (χ1) is 7.23. The number of nitro groups is 1. The molecule has 0 aromatic heterocycles. The largest absolute Gasteiger partial charge is 0.328 e. The molecule has 4 N–H and O–H groups in total. The number of nitrogens with zero attached hydrogens (tertiary/aromatic N) is 3. The summed E-state index contributed by atoms with van der Waals surface area (Å²) >= 11 is 0. The Morgan fingerprint density at radius 1 is 1.06 bits per heavy atom. The molecule has 0 fully saturated rings. The molecule has 16 heavy (non-hydrogen) atoms. The van der Waals surface area contributed by atoms with Gasteiger partial charge in [-0.3, -0.25) is 5.26 Å². The van der Waals surface area contributed by atoms with E-state index in [1.54, 1.807) is 5.43 Å². The van der Waals surface area contributed by atoms with Crippen molar-refractivity contribution in [1.29, 1.82) is 0 Å². The Hall–Kier alpha value is -2.48. The van der Waals surface area contributed by atoms with Gasteiger partial charge in [0.1, 0.15) is 13.2 Å². The Bertz CT molecular complexity index is 185. The van der Waals surface area contributed by atoms with Gasteiger partial charge in [-0.05, 0) is 0 Å². The van der Waals surface area contributed by atoms with Crippen molar-refractivity contribution in [3.63, 3.8) is 0 Å². The van der Waals surface area contributed by atoms with Gasteiger partial charge in [0.15, 0.2) is 5.03 Å². The summed E-state index contributed by atoms with van der Waals surface area (Å²) in [5.74, 6) is 0. The molecule has 0 bridgehead atoms. The van der Waals surface area contributed by atoms with E-state index < -0.39 is 15.2 Å². The van der Waals surface area contributed by atoms with Gasteiger partial charge in [-0.2, -0.15) is 0 Å². The Kier molecular flexibility index (Phi) is 18.0. The summed E-state index contributed by atoms with van der Waals surface area (Å²) < 4.78 is 0. The molecule has 0 heterocycles. The molecule has 0 saturated carbocycles. The van der Waals surface area contributed by atoms with E-state index in [0.29, 0.717) is 0 Å². The highest BCUT2D eigenvalue weighted by atomic mass is 17.1. The van der Waals surface area contributed by atoms with E-state index in [9.17, 15) is 10.1 Å². The third-order valence-electron chi connectivity index (χ3n) is 0.434. The summed E-state index contributed by atoms with van der Waals surface area (Å²) in [5, 5.41) is 43.6. The van der Waals surface area contributed by atoms with E-state index in [0.717, 1.165) is 0 Å². The topological polar surface area (TPSA) is 211 Å². The fourth-order valence-electron chi connectivity index (χ4n) is 0.183. The molecule has 0 aromatic carbocycles. The van der Waals surface area contributed by atoms with Crippen molar-refractivity contribution in [2.24, 2.45) is 0 Å². The molecule has 0 aliphatic rings. The minimum Gasteiger partial charge on any atom is -0.328 e. The molecule has 0 radical (unpaired) electrons. The fourth-order valence-corrected chi connectivity index (χ4v) is 0.183. The van der Waals surface area contributed by atoms with E-state index >= 15 is 0 Å². The van der Waals surface area contributed by atoms with Crippen molar-refractivity contribution in [2.75, 3.05) is 13.2 Å². The number of hydrazine groups is 1. The van der Waals surface area contributed by atoms with Crippen LogP contribution in [0.25, 0.3) is 0 Å². The van der Waals surface area contributed by atoms with Gasteiger partial charge in [-0.15, -0.1) is 25.7 Å². The minimum atomic E-state index is -1.50. The van der Waals surface area contributed by atoms with Crippen LogP contribution >= 0.6 is 0 Å². The van der Waals surface area contributed by atoms with Gasteiger partial charge >= 0.3 is 0 Å². The van der Waals surface area contributed by atoms with Gasteiger partial charge in [0, 0.05) is 0 Å². The van der Waals surface area contributed by atoms with Gasteiger partial charge in [0.2, 0.25) is 0 Å².